The van der Waals surface area contributed by atoms with Gasteiger partial charge in [0, 0.05) is 33.0 Å². The third kappa shape index (κ3) is 17.7. The van der Waals surface area contributed by atoms with Crippen LogP contribution in [0.15, 0.2) is 43.8 Å². The van der Waals surface area contributed by atoms with E-state index in [1.54, 1.807) is 6.92 Å². The van der Waals surface area contributed by atoms with Crippen LogP contribution < -0.4 is 0 Å². The Kier molecular flexibility index (Phi) is 18.2. The first-order valence-electron chi connectivity index (χ1n) is 6.92. The Bertz CT molecular complexity index is 498. The summed E-state index contributed by atoms with van der Waals surface area (Å²) in [6.45, 7) is 6.47. The van der Waals surface area contributed by atoms with Crippen LogP contribution in [0, 0.1) is 0 Å². The molecule has 0 fully saturated rings. The molecule has 0 radical (unpaired) electrons. The standard InChI is InChI=1S/C6H3Br3.C6H12O3.C4H6O2/c7-4-2-1-3-5(8)6(4)9;1-3-8-4-5-9-6(2)7;1-2-3-4(5)6/h1-3H;3-5H2,1-2H3;2-3H,1H3,(H,5,6). The summed E-state index contributed by atoms with van der Waals surface area (Å²) in [4.78, 5) is 19.6. The van der Waals surface area contributed by atoms with Gasteiger partial charge < -0.3 is 14.6 Å². The Morgan fingerprint density at radius 2 is 1.71 bits per heavy atom. The zero-order valence-corrected chi connectivity index (χ0v) is 18.5. The second-order valence-corrected chi connectivity index (χ2v) is 6.41. The van der Waals surface area contributed by atoms with Gasteiger partial charge in [0.05, 0.1) is 6.61 Å². The van der Waals surface area contributed by atoms with Crippen LogP contribution in [0.25, 0.3) is 0 Å². The molecule has 1 rings (SSSR count). The van der Waals surface area contributed by atoms with Crippen molar-refractivity contribution in [3.8, 4) is 0 Å². The van der Waals surface area contributed by atoms with Crippen LogP contribution in [0.1, 0.15) is 20.8 Å². The van der Waals surface area contributed by atoms with Crippen molar-refractivity contribution in [1.82, 2.24) is 0 Å². The van der Waals surface area contributed by atoms with Crippen molar-refractivity contribution in [3.05, 3.63) is 43.8 Å². The van der Waals surface area contributed by atoms with Crippen LogP contribution in [0.5, 0.6) is 0 Å². The van der Waals surface area contributed by atoms with Crippen LogP contribution in [0.2, 0.25) is 0 Å². The molecular formula is C16H21Br3O5. The molecule has 1 N–H and O–H groups in total. The molecule has 1 aromatic rings. The minimum atomic E-state index is -0.891. The average molecular weight is 533 g/mol. The van der Waals surface area contributed by atoms with E-state index in [-0.39, 0.29) is 5.97 Å². The van der Waals surface area contributed by atoms with E-state index in [0.29, 0.717) is 19.8 Å². The number of carbonyl (C=O) groups is 2. The van der Waals surface area contributed by atoms with Gasteiger partial charge in [-0.15, -0.1) is 0 Å². The Balaban J connectivity index is 0. The summed E-state index contributed by atoms with van der Waals surface area (Å²) in [5.41, 5.74) is 0. The van der Waals surface area contributed by atoms with Gasteiger partial charge in [0.2, 0.25) is 0 Å². The van der Waals surface area contributed by atoms with Crippen molar-refractivity contribution >= 4 is 59.7 Å². The van der Waals surface area contributed by atoms with Crippen molar-refractivity contribution in [1.29, 1.82) is 0 Å². The van der Waals surface area contributed by atoms with E-state index in [1.807, 2.05) is 25.1 Å². The number of allylic oxidation sites excluding steroid dienone is 1. The molecule has 8 heteroatoms. The van der Waals surface area contributed by atoms with Gasteiger partial charge in [0.15, 0.2) is 0 Å². The topological polar surface area (TPSA) is 72.8 Å². The number of ether oxygens (including phenoxy) is 2. The molecule has 0 heterocycles. The summed E-state index contributed by atoms with van der Waals surface area (Å²) in [7, 11) is 0. The lowest BCUT2D eigenvalue weighted by molar-refractivity contribution is -0.142. The zero-order chi connectivity index (χ0) is 19.0. The number of rotatable bonds is 5. The van der Waals surface area contributed by atoms with Gasteiger partial charge in [-0.25, -0.2) is 4.79 Å². The van der Waals surface area contributed by atoms with Crippen molar-refractivity contribution in [2.75, 3.05) is 19.8 Å². The molecule has 0 unspecified atom stereocenters. The smallest absolute Gasteiger partial charge is 0.327 e. The van der Waals surface area contributed by atoms with E-state index in [0.717, 1.165) is 19.5 Å². The Labute approximate surface area is 167 Å². The molecule has 0 aromatic heterocycles. The fraction of sp³-hybridized carbons (Fsp3) is 0.375. The van der Waals surface area contributed by atoms with Crippen molar-refractivity contribution in [2.24, 2.45) is 0 Å². The molecule has 0 aliphatic rings. The van der Waals surface area contributed by atoms with Gasteiger partial charge in [-0.3, -0.25) is 4.79 Å². The number of hydrogen-bond donors (Lipinski definition) is 1. The largest absolute Gasteiger partial charge is 0.478 e. The van der Waals surface area contributed by atoms with Crippen molar-refractivity contribution < 1.29 is 24.2 Å². The second-order valence-electron chi connectivity index (χ2n) is 3.91. The molecule has 0 aliphatic heterocycles. The van der Waals surface area contributed by atoms with E-state index in [9.17, 15) is 9.59 Å². The number of carbonyl (C=O) groups excluding carboxylic acids is 1. The first kappa shape index (κ1) is 25.5. The van der Waals surface area contributed by atoms with E-state index in [2.05, 4.69) is 52.5 Å². The maximum Gasteiger partial charge on any atom is 0.327 e. The van der Waals surface area contributed by atoms with Crippen LogP contribution in [0.3, 0.4) is 0 Å². The molecule has 136 valence electrons. The monoisotopic (exact) mass is 530 g/mol. The molecule has 0 aliphatic carbocycles. The maximum absolute atomic E-state index is 10.1. The number of halogens is 3. The Hall–Kier alpha value is -0.700. The summed E-state index contributed by atoms with van der Waals surface area (Å²) in [6.07, 6.45) is 2.56. The maximum atomic E-state index is 10.1. The summed E-state index contributed by atoms with van der Waals surface area (Å²) < 4.78 is 12.7. The Morgan fingerprint density at radius 3 is 2.00 bits per heavy atom. The van der Waals surface area contributed by atoms with Crippen LogP contribution >= 0.6 is 47.8 Å². The highest BCUT2D eigenvalue weighted by atomic mass is 79.9. The first-order valence-corrected chi connectivity index (χ1v) is 9.30. The molecule has 1 aromatic carbocycles. The summed E-state index contributed by atoms with van der Waals surface area (Å²) >= 11 is 10.1. The molecule has 0 atom stereocenters. The minimum Gasteiger partial charge on any atom is -0.478 e. The number of benzene rings is 1. The number of carboxylic acids is 1. The molecule has 0 bridgehead atoms. The lowest BCUT2D eigenvalue weighted by Gasteiger charge is -1.99. The molecule has 0 saturated carbocycles. The first-order chi connectivity index (χ1) is 11.3. The van der Waals surface area contributed by atoms with E-state index < -0.39 is 5.97 Å². The van der Waals surface area contributed by atoms with Gasteiger partial charge in [0.25, 0.3) is 0 Å². The number of esters is 1. The summed E-state index contributed by atoms with van der Waals surface area (Å²) in [5, 5.41) is 7.83. The fourth-order valence-corrected chi connectivity index (χ4v) is 2.27. The zero-order valence-electron chi connectivity index (χ0n) is 13.7. The van der Waals surface area contributed by atoms with Crippen LogP contribution in [-0.4, -0.2) is 36.9 Å². The lowest BCUT2D eigenvalue weighted by atomic mass is 10.4. The Morgan fingerprint density at radius 1 is 1.17 bits per heavy atom. The van der Waals surface area contributed by atoms with E-state index >= 15 is 0 Å². The van der Waals surface area contributed by atoms with E-state index in [1.165, 1.54) is 13.0 Å². The predicted octanol–water partition coefficient (Wildman–Crippen LogP) is 5.21. The molecule has 0 spiro atoms. The summed E-state index contributed by atoms with van der Waals surface area (Å²) in [5.74, 6) is -1.15. The normalized spacial score (nSPS) is 9.42. The molecule has 0 amide bonds. The SMILES string of the molecule is Brc1cccc(Br)c1Br.CC=CC(=O)O.CCOCCOC(C)=O. The van der Waals surface area contributed by atoms with Gasteiger partial charge >= 0.3 is 11.9 Å². The quantitative estimate of drug-likeness (QED) is 0.244. The highest BCUT2D eigenvalue weighted by molar-refractivity contribution is 9.14. The fourth-order valence-electron chi connectivity index (χ4n) is 1.01. The second kappa shape index (κ2) is 17.1. The summed E-state index contributed by atoms with van der Waals surface area (Å²) in [6, 6.07) is 5.93. The number of carboxylic acid groups (broad SMARTS) is 1. The highest BCUT2D eigenvalue weighted by Gasteiger charge is 1.97. The predicted molar refractivity (Wildman–Crippen MR) is 105 cm³/mol. The van der Waals surface area contributed by atoms with Crippen LogP contribution in [-0.2, 0) is 19.1 Å². The van der Waals surface area contributed by atoms with Gasteiger partial charge in [-0.2, -0.15) is 0 Å². The molecular weight excluding hydrogens is 512 g/mol. The van der Waals surface area contributed by atoms with Gasteiger partial charge in [-0.05, 0) is 73.8 Å². The molecule has 24 heavy (non-hydrogen) atoms. The van der Waals surface area contributed by atoms with Gasteiger partial charge in [0.1, 0.15) is 6.61 Å². The van der Waals surface area contributed by atoms with Crippen molar-refractivity contribution in [2.45, 2.75) is 20.8 Å². The number of aliphatic carboxylic acids is 1. The molecule has 5 nitrogen and oxygen atoms in total. The minimum absolute atomic E-state index is 0.255. The third-order valence-corrected chi connectivity index (χ3v) is 5.19. The lowest BCUT2D eigenvalue weighted by Crippen LogP contribution is -2.06. The van der Waals surface area contributed by atoms with Gasteiger partial charge in [-0.1, -0.05) is 12.1 Å². The third-order valence-electron chi connectivity index (χ3n) is 1.95. The average Bonchev–Trinajstić information content (AvgIpc) is 2.50. The van der Waals surface area contributed by atoms with Crippen LogP contribution in [0.4, 0.5) is 0 Å². The van der Waals surface area contributed by atoms with E-state index in [4.69, 9.17) is 9.84 Å². The van der Waals surface area contributed by atoms with Crippen molar-refractivity contribution in [3.63, 3.8) is 0 Å². The number of hydrogen-bond acceptors (Lipinski definition) is 4. The molecule has 0 saturated heterocycles. The highest BCUT2D eigenvalue weighted by Crippen LogP contribution is 2.29.